The van der Waals surface area contributed by atoms with Crippen LogP contribution in [-0.2, 0) is 13.0 Å². The molecule has 0 spiro atoms. The van der Waals surface area contributed by atoms with Gasteiger partial charge in [-0.25, -0.2) is 4.98 Å². The van der Waals surface area contributed by atoms with Gasteiger partial charge in [-0.1, -0.05) is 27.7 Å². The van der Waals surface area contributed by atoms with E-state index in [1.165, 1.54) is 29.9 Å². The Morgan fingerprint density at radius 2 is 2.10 bits per heavy atom. The fourth-order valence-electron chi connectivity index (χ4n) is 3.04. The van der Waals surface area contributed by atoms with E-state index in [9.17, 15) is 0 Å². The molecule has 0 radical (unpaired) electrons. The summed E-state index contributed by atoms with van der Waals surface area (Å²) in [5.74, 6) is 1.93. The van der Waals surface area contributed by atoms with Crippen molar-refractivity contribution >= 4 is 5.82 Å². The number of piperidine rings is 1. The molecule has 1 aromatic heterocycles. The minimum absolute atomic E-state index is 0.514. The van der Waals surface area contributed by atoms with E-state index in [2.05, 4.69) is 57.0 Å². The van der Waals surface area contributed by atoms with Gasteiger partial charge in [-0.3, -0.25) is 0 Å². The highest BCUT2D eigenvalue weighted by molar-refractivity contribution is 5.44. The number of aromatic nitrogens is 1. The second-order valence-corrected chi connectivity index (χ2v) is 6.77. The summed E-state index contributed by atoms with van der Waals surface area (Å²) in [7, 11) is 0. The smallest absolute Gasteiger partial charge is 0.129 e. The van der Waals surface area contributed by atoms with Crippen molar-refractivity contribution in [2.45, 2.75) is 72.5 Å². The lowest BCUT2D eigenvalue weighted by Crippen LogP contribution is -2.43. The molecule has 2 unspecified atom stereocenters. The van der Waals surface area contributed by atoms with Crippen LogP contribution in [0.2, 0.25) is 0 Å². The van der Waals surface area contributed by atoms with E-state index >= 15 is 0 Å². The number of rotatable bonds is 5. The maximum Gasteiger partial charge on any atom is 0.129 e. The van der Waals surface area contributed by atoms with Crippen LogP contribution in [-0.4, -0.2) is 23.6 Å². The Hall–Kier alpha value is -1.09. The first-order valence-corrected chi connectivity index (χ1v) is 8.51. The van der Waals surface area contributed by atoms with Crippen molar-refractivity contribution in [3.63, 3.8) is 0 Å². The van der Waals surface area contributed by atoms with Crippen LogP contribution in [0.1, 0.15) is 58.7 Å². The number of hydrogen-bond donors (Lipinski definition) is 1. The van der Waals surface area contributed by atoms with Crippen molar-refractivity contribution in [2.75, 3.05) is 11.4 Å². The van der Waals surface area contributed by atoms with Gasteiger partial charge in [-0.2, -0.15) is 0 Å². The molecule has 2 heterocycles. The second kappa shape index (κ2) is 7.26. The third-order valence-electron chi connectivity index (χ3n) is 4.67. The zero-order valence-corrected chi connectivity index (χ0v) is 14.3. The highest BCUT2D eigenvalue weighted by Crippen LogP contribution is 2.28. The summed E-state index contributed by atoms with van der Waals surface area (Å²) in [5, 5.41) is 3.52. The second-order valence-electron chi connectivity index (χ2n) is 6.77. The molecule has 1 fully saturated rings. The molecule has 3 heteroatoms. The summed E-state index contributed by atoms with van der Waals surface area (Å²) in [4.78, 5) is 7.39. The van der Waals surface area contributed by atoms with Gasteiger partial charge in [0.2, 0.25) is 0 Å². The molecule has 3 nitrogen and oxygen atoms in total. The first kappa shape index (κ1) is 16.3. The minimum atomic E-state index is 0.514. The van der Waals surface area contributed by atoms with Gasteiger partial charge < -0.3 is 10.2 Å². The average molecular weight is 289 g/mol. The van der Waals surface area contributed by atoms with E-state index < -0.39 is 0 Å². The Kier molecular flexibility index (Phi) is 5.63. The van der Waals surface area contributed by atoms with Crippen LogP contribution in [0.3, 0.4) is 0 Å². The van der Waals surface area contributed by atoms with Crippen molar-refractivity contribution in [3.05, 3.63) is 23.4 Å². The van der Waals surface area contributed by atoms with Gasteiger partial charge in [-0.15, -0.1) is 0 Å². The number of hydrogen-bond acceptors (Lipinski definition) is 3. The molecule has 1 N–H and O–H groups in total. The maximum atomic E-state index is 4.89. The van der Waals surface area contributed by atoms with E-state index in [1.54, 1.807) is 0 Å². The standard InChI is InChI=1S/C18H31N3/c1-6-17-10-16(12-19-13(2)3)11-18(20-17)21-9-7-8-14(4)15(21)5/h10-11,13-15,19H,6-9,12H2,1-5H3. The first-order valence-electron chi connectivity index (χ1n) is 8.51. The van der Waals surface area contributed by atoms with Crippen LogP contribution in [0.4, 0.5) is 5.82 Å². The molecule has 1 aliphatic rings. The van der Waals surface area contributed by atoms with Crippen LogP contribution >= 0.6 is 0 Å². The van der Waals surface area contributed by atoms with Crippen molar-refractivity contribution in [2.24, 2.45) is 5.92 Å². The number of nitrogens with one attached hydrogen (secondary N) is 1. The Morgan fingerprint density at radius 3 is 2.76 bits per heavy atom. The lowest BCUT2D eigenvalue weighted by atomic mass is 9.92. The molecular weight excluding hydrogens is 258 g/mol. The van der Waals surface area contributed by atoms with Crippen LogP contribution in [0.25, 0.3) is 0 Å². The number of aryl methyl sites for hydroxylation is 1. The highest BCUT2D eigenvalue weighted by Gasteiger charge is 2.26. The summed E-state index contributed by atoms with van der Waals surface area (Å²) in [6.45, 7) is 13.3. The van der Waals surface area contributed by atoms with Crippen LogP contribution in [0, 0.1) is 5.92 Å². The summed E-state index contributed by atoms with van der Waals surface area (Å²) in [5.41, 5.74) is 2.56. The minimum Gasteiger partial charge on any atom is -0.354 e. The Labute approximate surface area is 130 Å². The molecule has 1 aromatic rings. The molecule has 2 atom stereocenters. The quantitative estimate of drug-likeness (QED) is 0.894. The fourth-order valence-corrected chi connectivity index (χ4v) is 3.04. The molecule has 0 bridgehead atoms. The number of nitrogens with zero attached hydrogens (tertiary/aromatic N) is 2. The average Bonchev–Trinajstić information content (AvgIpc) is 2.47. The topological polar surface area (TPSA) is 28.2 Å². The zero-order valence-electron chi connectivity index (χ0n) is 14.3. The third kappa shape index (κ3) is 4.19. The molecule has 0 aromatic carbocycles. The molecule has 118 valence electrons. The van der Waals surface area contributed by atoms with Gasteiger partial charge >= 0.3 is 0 Å². The summed E-state index contributed by atoms with van der Waals surface area (Å²) in [6.07, 6.45) is 3.62. The lowest BCUT2D eigenvalue weighted by molar-refractivity contribution is 0.361. The van der Waals surface area contributed by atoms with Gasteiger partial charge in [0.05, 0.1) is 0 Å². The van der Waals surface area contributed by atoms with Gasteiger partial charge in [0, 0.05) is 30.9 Å². The van der Waals surface area contributed by atoms with Crippen LogP contribution in [0.5, 0.6) is 0 Å². The normalized spacial score (nSPS) is 22.9. The summed E-state index contributed by atoms with van der Waals surface area (Å²) >= 11 is 0. The van der Waals surface area contributed by atoms with Crippen molar-refractivity contribution in [1.82, 2.24) is 10.3 Å². The van der Waals surface area contributed by atoms with Crippen LogP contribution in [0.15, 0.2) is 12.1 Å². The van der Waals surface area contributed by atoms with E-state index in [4.69, 9.17) is 4.98 Å². The van der Waals surface area contributed by atoms with Gasteiger partial charge in [-0.05, 0) is 49.8 Å². The Morgan fingerprint density at radius 1 is 1.33 bits per heavy atom. The summed E-state index contributed by atoms with van der Waals surface area (Å²) in [6, 6.07) is 5.63. The van der Waals surface area contributed by atoms with E-state index in [-0.39, 0.29) is 0 Å². The molecule has 0 aliphatic carbocycles. The molecule has 0 amide bonds. The molecule has 1 saturated heterocycles. The number of pyridine rings is 1. The van der Waals surface area contributed by atoms with Crippen molar-refractivity contribution < 1.29 is 0 Å². The van der Waals surface area contributed by atoms with E-state index in [0.717, 1.165) is 25.4 Å². The predicted molar refractivity (Wildman–Crippen MR) is 90.8 cm³/mol. The Balaban J connectivity index is 2.23. The summed E-state index contributed by atoms with van der Waals surface area (Å²) < 4.78 is 0. The molecule has 0 saturated carbocycles. The van der Waals surface area contributed by atoms with E-state index in [0.29, 0.717) is 12.1 Å². The molecule has 21 heavy (non-hydrogen) atoms. The predicted octanol–water partition coefficient (Wildman–Crippen LogP) is 3.77. The lowest BCUT2D eigenvalue weighted by Gasteiger charge is -2.39. The molecular formula is C18H31N3. The van der Waals surface area contributed by atoms with Crippen LogP contribution < -0.4 is 10.2 Å². The maximum absolute atomic E-state index is 4.89. The van der Waals surface area contributed by atoms with Gasteiger partial charge in [0.25, 0.3) is 0 Å². The fraction of sp³-hybridized carbons (Fsp3) is 0.722. The largest absolute Gasteiger partial charge is 0.354 e. The SMILES string of the molecule is CCc1cc(CNC(C)C)cc(N2CCCC(C)C2C)n1. The molecule has 2 rings (SSSR count). The third-order valence-corrected chi connectivity index (χ3v) is 4.67. The van der Waals surface area contributed by atoms with Crippen molar-refractivity contribution in [1.29, 1.82) is 0 Å². The van der Waals surface area contributed by atoms with Gasteiger partial charge in [0.1, 0.15) is 5.82 Å². The number of anilines is 1. The Bertz CT molecular complexity index is 456. The zero-order chi connectivity index (χ0) is 15.4. The van der Waals surface area contributed by atoms with Crippen molar-refractivity contribution in [3.8, 4) is 0 Å². The first-order chi connectivity index (χ1) is 10.0. The van der Waals surface area contributed by atoms with E-state index in [1.807, 2.05) is 0 Å². The monoisotopic (exact) mass is 289 g/mol. The molecule has 1 aliphatic heterocycles. The van der Waals surface area contributed by atoms with Gasteiger partial charge in [0.15, 0.2) is 0 Å². The highest BCUT2D eigenvalue weighted by atomic mass is 15.2.